The summed E-state index contributed by atoms with van der Waals surface area (Å²) in [5.41, 5.74) is 2.40. The SMILES string of the molecule is CCCNC(=O)CNC(=O)CN1CCN(S(=O)(=O)c2ccc3c(c2)CCC3)CC1. The fraction of sp³-hybridized carbons (Fsp3) is 0.600. The van der Waals surface area contributed by atoms with Gasteiger partial charge in [0.05, 0.1) is 18.0 Å². The van der Waals surface area contributed by atoms with Crippen LogP contribution in [0.3, 0.4) is 0 Å². The third-order valence-corrected chi connectivity index (χ3v) is 7.32. The molecule has 8 nitrogen and oxygen atoms in total. The summed E-state index contributed by atoms with van der Waals surface area (Å²) in [5, 5.41) is 5.31. The van der Waals surface area contributed by atoms with Crippen LogP contribution in [-0.2, 0) is 32.5 Å². The van der Waals surface area contributed by atoms with Gasteiger partial charge < -0.3 is 10.6 Å². The van der Waals surface area contributed by atoms with E-state index in [9.17, 15) is 18.0 Å². The molecule has 1 aromatic rings. The molecule has 2 N–H and O–H groups in total. The van der Waals surface area contributed by atoms with Crippen LogP contribution in [0.2, 0.25) is 0 Å². The second-order valence-corrected chi connectivity index (χ2v) is 9.53. The van der Waals surface area contributed by atoms with Gasteiger partial charge in [-0.25, -0.2) is 8.42 Å². The third-order valence-electron chi connectivity index (χ3n) is 5.42. The normalized spacial score (nSPS) is 17.7. The summed E-state index contributed by atoms with van der Waals surface area (Å²) in [7, 11) is -3.51. The van der Waals surface area contributed by atoms with Crippen LogP contribution in [0.4, 0.5) is 0 Å². The maximum atomic E-state index is 13.0. The minimum absolute atomic E-state index is 0.0362. The van der Waals surface area contributed by atoms with Crippen molar-refractivity contribution >= 4 is 21.8 Å². The molecule has 1 aliphatic heterocycles. The fourth-order valence-corrected chi connectivity index (χ4v) is 5.22. The van der Waals surface area contributed by atoms with E-state index in [1.807, 2.05) is 24.0 Å². The highest BCUT2D eigenvalue weighted by Gasteiger charge is 2.29. The van der Waals surface area contributed by atoms with Gasteiger partial charge in [0, 0.05) is 32.7 Å². The number of nitrogens with zero attached hydrogens (tertiary/aromatic N) is 2. The summed E-state index contributed by atoms with van der Waals surface area (Å²) in [6, 6.07) is 5.47. The molecule has 0 unspecified atom stereocenters. The van der Waals surface area contributed by atoms with E-state index in [-0.39, 0.29) is 24.9 Å². The lowest BCUT2D eigenvalue weighted by Crippen LogP contribution is -2.51. The van der Waals surface area contributed by atoms with E-state index in [0.717, 1.165) is 31.2 Å². The van der Waals surface area contributed by atoms with Crippen molar-refractivity contribution in [3.63, 3.8) is 0 Å². The van der Waals surface area contributed by atoms with Crippen LogP contribution in [0.5, 0.6) is 0 Å². The number of hydrogen-bond acceptors (Lipinski definition) is 5. The molecule has 9 heteroatoms. The first kappa shape index (κ1) is 21.7. The average molecular weight is 423 g/mol. The van der Waals surface area contributed by atoms with Gasteiger partial charge in [-0.3, -0.25) is 14.5 Å². The molecule has 0 atom stereocenters. The number of rotatable bonds is 8. The Balaban J connectivity index is 1.47. The van der Waals surface area contributed by atoms with E-state index in [0.29, 0.717) is 37.6 Å². The van der Waals surface area contributed by atoms with Crippen molar-refractivity contribution in [1.29, 1.82) is 0 Å². The third kappa shape index (κ3) is 5.55. The van der Waals surface area contributed by atoms with Crippen molar-refractivity contribution in [2.45, 2.75) is 37.5 Å². The van der Waals surface area contributed by atoms with Crippen LogP contribution in [0, 0.1) is 0 Å². The monoisotopic (exact) mass is 422 g/mol. The van der Waals surface area contributed by atoms with Gasteiger partial charge in [-0.05, 0) is 48.9 Å². The molecule has 3 rings (SSSR count). The van der Waals surface area contributed by atoms with Crippen molar-refractivity contribution in [3.05, 3.63) is 29.3 Å². The van der Waals surface area contributed by atoms with Gasteiger partial charge in [-0.2, -0.15) is 4.31 Å². The lowest BCUT2D eigenvalue weighted by molar-refractivity contribution is -0.126. The summed E-state index contributed by atoms with van der Waals surface area (Å²) >= 11 is 0. The number of carbonyl (C=O) groups is 2. The van der Waals surface area contributed by atoms with Gasteiger partial charge >= 0.3 is 0 Å². The Morgan fingerprint density at radius 1 is 1.00 bits per heavy atom. The van der Waals surface area contributed by atoms with Crippen LogP contribution in [0.1, 0.15) is 30.9 Å². The second kappa shape index (κ2) is 9.69. The molecular formula is C20H30N4O4S. The quantitative estimate of drug-likeness (QED) is 0.620. The highest BCUT2D eigenvalue weighted by atomic mass is 32.2. The minimum atomic E-state index is -3.51. The molecule has 1 saturated heterocycles. The zero-order chi connectivity index (χ0) is 20.9. The van der Waals surface area contributed by atoms with E-state index in [1.54, 1.807) is 6.07 Å². The van der Waals surface area contributed by atoms with Crippen LogP contribution in [-0.4, -0.2) is 75.3 Å². The summed E-state index contributed by atoms with van der Waals surface area (Å²) in [5.74, 6) is -0.433. The Morgan fingerprint density at radius 2 is 1.72 bits per heavy atom. The number of amides is 2. The number of nitrogens with one attached hydrogen (secondary N) is 2. The molecule has 0 spiro atoms. The number of piperazine rings is 1. The summed E-state index contributed by atoms with van der Waals surface area (Å²) in [6.07, 6.45) is 3.90. The molecule has 160 valence electrons. The maximum absolute atomic E-state index is 13.0. The first-order valence-corrected chi connectivity index (χ1v) is 11.7. The molecule has 0 radical (unpaired) electrons. The molecule has 0 saturated carbocycles. The number of hydrogen-bond donors (Lipinski definition) is 2. The van der Waals surface area contributed by atoms with E-state index >= 15 is 0 Å². The van der Waals surface area contributed by atoms with Gasteiger partial charge in [-0.1, -0.05) is 13.0 Å². The van der Waals surface area contributed by atoms with Gasteiger partial charge in [0.2, 0.25) is 21.8 Å². The molecule has 2 aliphatic rings. The number of aryl methyl sites for hydroxylation is 2. The van der Waals surface area contributed by atoms with Crippen molar-refractivity contribution in [2.75, 3.05) is 45.8 Å². The van der Waals surface area contributed by atoms with Gasteiger partial charge in [0.25, 0.3) is 0 Å². The molecule has 1 aromatic carbocycles. The molecule has 29 heavy (non-hydrogen) atoms. The highest BCUT2D eigenvalue weighted by molar-refractivity contribution is 7.89. The van der Waals surface area contributed by atoms with Crippen molar-refractivity contribution in [1.82, 2.24) is 19.8 Å². The Kier molecular flexibility index (Phi) is 7.26. The van der Waals surface area contributed by atoms with Crippen LogP contribution in [0.15, 0.2) is 23.1 Å². The number of fused-ring (bicyclic) bond motifs is 1. The van der Waals surface area contributed by atoms with Crippen LogP contribution >= 0.6 is 0 Å². The van der Waals surface area contributed by atoms with Crippen molar-refractivity contribution in [3.8, 4) is 0 Å². The number of carbonyl (C=O) groups excluding carboxylic acids is 2. The Morgan fingerprint density at radius 3 is 2.45 bits per heavy atom. The molecule has 1 aliphatic carbocycles. The zero-order valence-electron chi connectivity index (χ0n) is 16.9. The zero-order valence-corrected chi connectivity index (χ0v) is 17.8. The molecule has 0 aromatic heterocycles. The lowest BCUT2D eigenvalue weighted by atomic mass is 10.1. The lowest BCUT2D eigenvalue weighted by Gasteiger charge is -2.33. The number of benzene rings is 1. The Hall–Kier alpha value is -1.97. The fourth-order valence-electron chi connectivity index (χ4n) is 3.75. The van der Waals surface area contributed by atoms with Crippen LogP contribution < -0.4 is 10.6 Å². The molecule has 1 fully saturated rings. The summed E-state index contributed by atoms with van der Waals surface area (Å²) in [4.78, 5) is 25.9. The van der Waals surface area contributed by atoms with Gasteiger partial charge in [-0.15, -0.1) is 0 Å². The first-order valence-electron chi connectivity index (χ1n) is 10.3. The smallest absolute Gasteiger partial charge is 0.243 e. The van der Waals surface area contributed by atoms with E-state index in [1.165, 1.54) is 9.87 Å². The van der Waals surface area contributed by atoms with E-state index in [4.69, 9.17) is 0 Å². The van der Waals surface area contributed by atoms with Gasteiger partial charge in [0.1, 0.15) is 0 Å². The molecule has 0 bridgehead atoms. The highest BCUT2D eigenvalue weighted by Crippen LogP contribution is 2.26. The molecule has 1 heterocycles. The topological polar surface area (TPSA) is 98.8 Å². The predicted octanol–water partition coefficient (Wildman–Crippen LogP) is 0.124. The summed E-state index contributed by atoms with van der Waals surface area (Å²) < 4.78 is 27.4. The van der Waals surface area contributed by atoms with Crippen molar-refractivity contribution in [2.24, 2.45) is 0 Å². The Labute approximate surface area is 172 Å². The molecule has 2 amide bonds. The van der Waals surface area contributed by atoms with E-state index < -0.39 is 10.0 Å². The van der Waals surface area contributed by atoms with Crippen LogP contribution in [0.25, 0.3) is 0 Å². The minimum Gasteiger partial charge on any atom is -0.355 e. The largest absolute Gasteiger partial charge is 0.355 e. The van der Waals surface area contributed by atoms with E-state index in [2.05, 4.69) is 10.6 Å². The average Bonchev–Trinajstić information content (AvgIpc) is 3.19. The van der Waals surface area contributed by atoms with Gasteiger partial charge in [0.15, 0.2) is 0 Å². The maximum Gasteiger partial charge on any atom is 0.243 e. The predicted molar refractivity (Wildman–Crippen MR) is 110 cm³/mol. The standard InChI is InChI=1S/C20H30N4O4S/c1-2-8-21-19(25)14-22-20(26)15-23-9-11-24(12-10-23)29(27,28)18-7-6-16-4-3-5-17(16)13-18/h6-7,13H,2-5,8-12,14-15H2,1H3,(H,21,25)(H,22,26). The first-order chi connectivity index (χ1) is 13.9. The Bertz CT molecular complexity index is 848. The second-order valence-electron chi connectivity index (χ2n) is 7.59. The summed E-state index contributed by atoms with van der Waals surface area (Å²) in [6.45, 7) is 4.35. The number of sulfonamides is 1. The molecular weight excluding hydrogens is 392 g/mol. The van der Waals surface area contributed by atoms with Crippen molar-refractivity contribution < 1.29 is 18.0 Å².